The molecule has 7 heteroatoms. The third-order valence-electron chi connectivity index (χ3n) is 7.70. The van der Waals surface area contributed by atoms with Crippen molar-refractivity contribution in [1.29, 1.82) is 0 Å². The third kappa shape index (κ3) is 5.52. The highest BCUT2D eigenvalue weighted by molar-refractivity contribution is 5.97. The number of amides is 2. The minimum absolute atomic E-state index is 0.00402. The van der Waals surface area contributed by atoms with Crippen molar-refractivity contribution >= 4 is 17.5 Å². The molecule has 35 heavy (non-hydrogen) atoms. The lowest BCUT2D eigenvalue weighted by molar-refractivity contribution is -0.129. The first kappa shape index (κ1) is 23.8. The molecule has 2 aromatic carbocycles. The summed E-state index contributed by atoms with van der Waals surface area (Å²) in [6.07, 6.45) is 3.05. The number of anilines is 1. The number of hydrogen-bond donors (Lipinski definition) is 2. The van der Waals surface area contributed by atoms with E-state index < -0.39 is 6.10 Å². The molecule has 2 aromatic rings. The van der Waals surface area contributed by atoms with Crippen molar-refractivity contribution in [3.8, 4) is 0 Å². The second-order valence-electron chi connectivity index (χ2n) is 10.2. The molecule has 5 rings (SSSR count). The molecule has 1 unspecified atom stereocenters. The van der Waals surface area contributed by atoms with E-state index in [1.807, 2.05) is 11.0 Å². The Hall–Kier alpha value is -2.90. The fraction of sp³-hybridized carbons (Fsp3) is 0.500. The molecule has 1 saturated heterocycles. The van der Waals surface area contributed by atoms with Crippen molar-refractivity contribution in [2.24, 2.45) is 0 Å². The molecule has 7 nitrogen and oxygen atoms in total. The van der Waals surface area contributed by atoms with E-state index >= 15 is 0 Å². The monoisotopic (exact) mass is 476 g/mol. The molecule has 0 bridgehead atoms. The van der Waals surface area contributed by atoms with Gasteiger partial charge in [-0.1, -0.05) is 30.3 Å². The number of benzene rings is 2. The second-order valence-corrected chi connectivity index (χ2v) is 10.2. The van der Waals surface area contributed by atoms with Crippen LogP contribution in [-0.2, 0) is 24.2 Å². The zero-order valence-electron chi connectivity index (χ0n) is 20.6. The van der Waals surface area contributed by atoms with Crippen molar-refractivity contribution in [3.05, 3.63) is 64.7 Å². The number of carbonyl (C=O) groups is 2. The van der Waals surface area contributed by atoms with Gasteiger partial charge in [0.1, 0.15) is 0 Å². The van der Waals surface area contributed by atoms with Crippen LogP contribution in [0.3, 0.4) is 0 Å². The van der Waals surface area contributed by atoms with E-state index in [0.717, 1.165) is 68.7 Å². The number of β-amino-alcohol motifs (C(OH)–C–C–N with tert-alkyl or cyclic N) is 1. The van der Waals surface area contributed by atoms with E-state index in [1.54, 1.807) is 11.8 Å². The largest absolute Gasteiger partial charge is 0.390 e. The number of aliphatic hydroxyl groups is 1. The van der Waals surface area contributed by atoms with Gasteiger partial charge in [-0.2, -0.15) is 0 Å². The predicted octanol–water partition coefficient (Wildman–Crippen LogP) is 2.53. The molecule has 0 aliphatic carbocycles. The van der Waals surface area contributed by atoms with Crippen molar-refractivity contribution in [3.63, 3.8) is 0 Å². The summed E-state index contributed by atoms with van der Waals surface area (Å²) in [7, 11) is 0. The Morgan fingerprint density at radius 1 is 1.00 bits per heavy atom. The van der Waals surface area contributed by atoms with Gasteiger partial charge in [0, 0.05) is 70.0 Å². The van der Waals surface area contributed by atoms with Crippen LogP contribution in [0.15, 0.2) is 42.5 Å². The van der Waals surface area contributed by atoms with Crippen LogP contribution in [0, 0.1) is 0 Å². The molecular formula is C28H36N4O3. The van der Waals surface area contributed by atoms with E-state index in [2.05, 4.69) is 46.6 Å². The molecule has 2 N–H and O–H groups in total. The Kier molecular flexibility index (Phi) is 7.07. The zero-order chi connectivity index (χ0) is 24.4. The van der Waals surface area contributed by atoms with Crippen molar-refractivity contribution in [1.82, 2.24) is 14.7 Å². The first-order valence-electron chi connectivity index (χ1n) is 12.9. The maximum Gasteiger partial charge on any atom is 0.254 e. The molecule has 3 aliphatic rings. The van der Waals surface area contributed by atoms with Gasteiger partial charge in [-0.05, 0) is 54.5 Å². The first-order chi connectivity index (χ1) is 17.0. The van der Waals surface area contributed by atoms with Gasteiger partial charge < -0.3 is 20.2 Å². The SMILES string of the molecule is CC(=O)N1CCC(Nc2ccc3c(c2)C(=O)N(CC(O)CN2CCc4ccccc4C2)CC3)CC1. The maximum absolute atomic E-state index is 13.3. The van der Waals surface area contributed by atoms with Gasteiger partial charge >= 0.3 is 0 Å². The highest BCUT2D eigenvalue weighted by atomic mass is 16.3. The van der Waals surface area contributed by atoms with Crippen LogP contribution in [0.5, 0.6) is 0 Å². The number of likely N-dealkylation sites (tertiary alicyclic amines) is 1. The Morgan fingerprint density at radius 2 is 1.74 bits per heavy atom. The fourth-order valence-corrected chi connectivity index (χ4v) is 5.68. The molecule has 0 saturated carbocycles. The smallest absolute Gasteiger partial charge is 0.254 e. The first-order valence-corrected chi connectivity index (χ1v) is 12.9. The fourth-order valence-electron chi connectivity index (χ4n) is 5.68. The number of carbonyl (C=O) groups excluding carboxylic acids is 2. The van der Waals surface area contributed by atoms with Crippen molar-refractivity contribution in [2.45, 2.75) is 51.3 Å². The molecule has 3 heterocycles. The van der Waals surface area contributed by atoms with E-state index in [-0.39, 0.29) is 11.8 Å². The van der Waals surface area contributed by atoms with Gasteiger partial charge in [0.25, 0.3) is 5.91 Å². The van der Waals surface area contributed by atoms with E-state index in [0.29, 0.717) is 25.7 Å². The Labute approximate surface area is 207 Å². The van der Waals surface area contributed by atoms with Gasteiger partial charge in [0.15, 0.2) is 0 Å². The van der Waals surface area contributed by atoms with Crippen LogP contribution in [-0.4, -0.2) is 83.0 Å². The molecule has 0 spiro atoms. The Morgan fingerprint density at radius 3 is 2.51 bits per heavy atom. The number of nitrogens with zero attached hydrogens (tertiary/aromatic N) is 3. The van der Waals surface area contributed by atoms with Crippen molar-refractivity contribution < 1.29 is 14.7 Å². The van der Waals surface area contributed by atoms with Gasteiger partial charge in [-0.15, -0.1) is 0 Å². The Balaban J connectivity index is 1.17. The second kappa shape index (κ2) is 10.4. The van der Waals surface area contributed by atoms with Gasteiger partial charge in [0.2, 0.25) is 5.91 Å². The lowest BCUT2D eigenvalue weighted by Gasteiger charge is -2.34. The van der Waals surface area contributed by atoms with Crippen LogP contribution in [0.2, 0.25) is 0 Å². The minimum Gasteiger partial charge on any atom is -0.390 e. The van der Waals surface area contributed by atoms with Crippen molar-refractivity contribution in [2.75, 3.05) is 44.6 Å². The van der Waals surface area contributed by atoms with E-state index in [4.69, 9.17) is 0 Å². The number of aliphatic hydroxyl groups excluding tert-OH is 1. The lowest BCUT2D eigenvalue weighted by atomic mass is 9.97. The summed E-state index contributed by atoms with van der Waals surface area (Å²) in [4.78, 5) is 30.9. The van der Waals surface area contributed by atoms with Gasteiger partial charge in [0.05, 0.1) is 6.10 Å². The van der Waals surface area contributed by atoms with Crippen LogP contribution < -0.4 is 5.32 Å². The Bertz CT molecular complexity index is 1080. The third-order valence-corrected chi connectivity index (χ3v) is 7.70. The zero-order valence-corrected chi connectivity index (χ0v) is 20.6. The number of fused-ring (bicyclic) bond motifs is 2. The molecule has 0 radical (unpaired) electrons. The number of hydrogen-bond acceptors (Lipinski definition) is 5. The maximum atomic E-state index is 13.3. The molecule has 0 aromatic heterocycles. The number of nitrogens with one attached hydrogen (secondary N) is 1. The summed E-state index contributed by atoms with van der Waals surface area (Å²) < 4.78 is 0. The van der Waals surface area contributed by atoms with Gasteiger partial charge in [-0.3, -0.25) is 14.5 Å². The quantitative estimate of drug-likeness (QED) is 0.670. The molecular weight excluding hydrogens is 440 g/mol. The molecule has 3 aliphatic heterocycles. The normalized spacial score (nSPS) is 19.8. The summed E-state index contributed by atoms with van der Waals surface area (Å²) in [6, 6.07) is 14.9. The summed E-state index contributed by atoms with van der Waals surface area (Å²) in [5, 5.41) is 14.4. The molecule has 1 fully saturated rings. The van der Waals surface area contributed by atoms with E-state index in [9.17, 15) is 14.7 Å². The number of piperidine rings is 1. The molecule has 2 amide bonds. The summed E-state index contributed by atoms with van der Waals surface area (Å²) >= 11 is 0. The number of rotatable bonds is 6. The lowest BCUT2D eigenvalue weighted by Crippen LogP contribution is -2.46. The molecule has 1 atom stereocenters. The highest BCUT2D eigenvalue weighted by Gasteiger charge is 2.28. The summed E-state index contributed by atoms with van der Waals surface area (Å²) in [5.41, 5.74) is 5.50. The predicted molar refractivity (Wildman–Crippen MR) is 136 cm³/mol. The van der Waals surface area contributed by atoms with Crippen LogP contribution in [0.4, 0.5) is 5.69 Å². The van der Waals surface area contributed by atoms with Crippen LogP contribution >= 0.6 is 0 Å². The average Bonchev–Trinajstić information content (AvgIpc) is 2.86. The van der Waals surface area contributed by atoms with Gasteiger partial charge in [-0.25, -0.2) is 0 Å². The van der Waals surface area contributed by atoms with Crippen LogP contribution in [0.25, 0.3) is 0 Å². The van der Waals surface area contributed by atoms with E-state index in [1.165, 1.54) is 11.1 Å². The van der Waals surface area contributed by atoms with Crippen LogP contribution in [0.1, 0.15) is 46.8 Å². The minimum atomic E-state index is -0.571. The average molecular weight is 477 g/mol. The summed E-state index contributed by atoms with van der Waals surface area (Å²) in [5.74, 6) is 0.138. The standard InChI is InChI=1S/C28H36N4O3/c1-20(33)31-14-10-24(11-15-31)29-25-7-6-22-9-13-32(28(35)27(22)16-25)19-26(34)18-30-12-8-21-4-2-3-5-23(21)17-30/h2-7,16,24,26,29,34H,8-15,17-19H2,1H3. The molecule has 186 valence electrons. The highest BCUT2D eigenvalue weighted by Crippen LogP contribution is 2.25. The summed E-state index contributed by atoms with van der Waals surface area (Å²) in [6.45, 7) is 6.52. The topological polar surface area (TPSA) is 76.1 Å².